The zero-order valence-corrected chi connectivity index (χ0v) is 14.0. The molecule has 5 heteroatoms. The average molecular weight is 288 g/mol. The molecule has 1 rings (SSSR count). The van der Waals surface area contributed by atoms with Crippen LogP contribution in [0.3, 0.4) is 0 Å². The van der Waals surface area contributed by atoms with E-state index in [0.29, 0.717) is 19.5 Å². The Balaban J connectivity index is 0. The zero-order chi connectivity index (χ0) is 16.0. The van der Waals surface area contributed by atoms with Gasteiger partial charge in [-0.15, -0.1) is 0 Å². The molecule has 1 saturated heterocycles. The fourth-order valence-corrected chi connectivity index (χ4v) is 1.82. The number of methoxy groups -OCH3 is 1. The van der Waals surface area contributed by atoms with Gasteiger partial charge in [-0.05, 0) is 12.8 Å². The van der Waals surface area contributed by atoms with Crippen LogP contribution in [0, 0.1) is 0 Å². The third-order valence-electron chi connectivity index (χ3n) is 2.80. The number of rotatable bonds is 4. The van der Waals surface area contributed by atoms with Crippen molar-refractivity contribution in [1.29, 1.82) is 0 Å². The first-order valence-corrected chi connectivity index (χ1v) is 7.73. The van der Waals surface area contributed by atoms with Gasteiger partial charge in [0.05, 0.1) is 0 Å². The molecule has 2 amide bonds. The number of piperidine rings is 1. The van der Waals surface area contributed by atoms with Gasteiger partial charge in [0.2, 0.25) is 11.8 Å². The van der Waals surface area contributed by atoms with E-state index in [1.54, 1.807) is 4.90 Å². The van der Waals surface area contributed by atoms with Crippen LogP contribution in [-0.2, 0) is 14.3 Å². The van der Waals surface area contributed by atoms with Crippen LogP contribution >= 0.6 is 0 Å². The molecular weight excluding hydrogens is 256 g/mol. The van der Waals surface area contributed by atoms with Crippen LogP contribution in [-0.4, -0.2) is 49.6 Å². The molecule has 120 valence electrons. The standard InChI is InChI=1S/C11H20N2O3.2C2H6/c1-3-10(14)12-9-4-6-13(7-5-9)11(15)8-16-2;2*1-2/h9H,3-8H2,1-2H3,(H,12,14);2*1-2H3. The fourth-order valence-electron chi connectivity index (χ4n) is 1.82. The highest BCUT2D eigenvalue weighted by atomic mass is 16.5. The predicted octanol–water partition coefficient (Wildman–Crippen LogP) is 2.20. The first-order valence-electron chi connectivity index (χ1n) is 7.73. The van der Waals surface area contributed by atoms with Crippen molar-refractivity contribution in [3.8, 4) is 0 Å². The van der Waals surface area contributed by atoms with Gasteiger partial charge in [-0.3, -0.25) is 9.59 Å². The number of nitrogens with zero attached hydrogens (tertiary/aromatic N) is 1. The summed E-state index contributed by atoms with van der Waals surface area (Å²) in [6, 6.07) is 0.221. The number of hydrogen-bond donors (Lipinski definition) is 1. The predicted molar refractivity (Wildman–Crippen MR) is 82.6 cm³/mol. The molecule has 1 heterocycles. The van der Waals surface area contributed by atoms with Gasteiger partial charge < -0.3 is 15.0 Å². The van der Waals surface area contributed by atoms with E-state index in [1.807, 2.05) is 34.6 Å². The van der Waals surface area contributed by atoms with Crippen molar-refractivity contribution in [2.24, 2.45) is 0 Å². The van der Waals surface area contributed by atoms with Crippen LogP contribution in [0.1, 0.15) is 53.9 Å². The van der Waals surface area contributed by atoms with Gasteiger partial charge in [0, 0.05) is 32.7 Å². The molecule has 0 spiro atoms. The summed E-state index contributed by atoms with van der Waals surface area (Å²) < 4.78 is 4.80. The van der Waals surface area contributed by atoms with E-state index in [-0.39, 0.29) is 24.5 Å². The summed E-state index contributed by atoms with van der Waals surface area (Å²) in [7, 11) is 1.52. The number of likely N-dealkylation sites (tertiary alicyclic amines) is 1. The van der Waals surface area contributed by atoms with Crippen molar-refractivity contribution >= 4 is 11.8 Å². The summed E-state index contributed by atoms with van der Waals surface area (Å²) in [5.41, 5.74) is 0. The molecule has 0 aromatic rings. The lowest BCUT2D eigenvalue weighted by Gasteiger charge is -2.32. The Morgan fingerprint density at radius 2 is 1.65 bits per heavy atom. The zero-order valence-electron chi connectivity index (χ0n) is 14.0. The van der Waals surface area contributed by atoms with Crippen LogP contribution in [0.5, 0.6) is 0 Å². The molecule has 1 aliphatic rings. The Hall–Kier alpha value is -1.10. The van der Waals surface area contributed by atoms with E-state index >= 15 is 0 Å². The largest absolute Gasteiger partial charge is 0.375 e. The number of carbonyl (C=O) groups is 2. The summed E-state index contributed by atoms with van der Waals surface area (Å²) in [6.07, 6.45) is 2.19. The second kappa shape index (κ2) is 14.3. The highest BCUT2D eigenvalue weighted by Gasteiger charge is 2.22. The lowest BCUT2D eigenvalue weighted by atomic mass is 10.0. The second-order valence-corrected chi connectivity index (χ2v) is 4.01. The smallest absolute Gasteiger partial charge is 0.248 e. The number of hydrogen-bond acceptors (Lipinski definition) is 3. The summed E-state index contributed by atoms with van der Waals surface area (Å²) in [5.74, 6) is 0.115. The van der Waals surface area contributed by atoms with E-state index in [4.69, 9.17) is 4.74 Å². The minimum Gasteiger partial charge on any atom is -0.375 e. The van der Waals surface area contributed by atoms with Crippen LogP contribution in [0.15, 0.2) is 0 Å². The average Bonchev–Trinajstić information content (AvgIpc) is 2.52. The van der Waals surface area contributed by atoms with Crippen molar-refractivity contribution < 1.29 is 14.3 Å². The molecule has 20 heavy (non-hydrogen) atoms. The Morgan fingerprint density at radius 3 is 2.05 bits per heavy atom. The summed E-state index contributed by atoms with van der Waals surface area (Å²) >= 11 is 0. The molecule has 0 aromatic heterocycles. The third kappa shape index (κ3) is 8.91. The number of carbonyl (C=O) groups excluding carboxylic acids is 2. The molecule has 0 saturated carbocycles. The maximum Gasteiger partial charge on any atom is 0.248 e. The maximum atomic E-state index is 11.5. The van der Waals surface area contributed by atoms with Crippen LogP contribution in [0.2, 0.25) is 0 Å². The first kappa shape index (κ1) is 21.2. The van der Waals surface area contributed by atoms with Crippen LogP contribution in [0.4, 0.5) is 0 Å². The summed E-state index contributed by atoms with van der Waals surface area (Å²) in [5, 5.41) is 2.95. The lowest BCUT2D eigenvalue weighted by Crippen LogP contribution is -2.47. The monoisotopic (exact) mass is 288 g/mol. The fraction of sp³-hybridized carbons (Fsp3) is 0.867. The van der Waals surface area contributed by atoms with E-state index in [9.17, 15) is 9.59 Å². The molecule has 0 bridgehead atoms. The molecule has 0 aromatic carbocycles. The highest BCUT2D eigenvalue weighted by Crippen LogP contribution is 2.10. The van der Waals surface area contributed by atoms with Gasteiger partial charge in [-0.1, -0.05) is 34.6 Å². The molecule has 5 nitrogen and oxygen atoms in total. The van der Waals surface area contributed by atoms with Crippen molar-refractivity contribution in [2.75, 3.05) is 26.8 Å². The molecule has 1 N–H and O–H groups in total. The van der Waals surface area contributed by atoms with E-state index in [0.717, 1.165) is 12.8 Å². The highest BCUT2D eigenvalue weighted by molar-refractivity contribution is 5.78. The summed E-state index contributed by atoms with van der Waals surface area (Å²) in [6.45, 7) is 11.4. The Bertz CT molecular complexity index is 250. The van der Waals surface area contributed by atoms with Gasteiger partial charge in [-0.25, -0.2) is 0 Å². The van der Waals surface area contributed by atoms with Gasteiger partial charge in [0.25, 0.3) is 0 Å². The SMILES string of the molecule is CC.CC.CCC(=O)NC1CCN(C(=O)COC)CC1. The Kier molecular flexibility index (Phi) is 15.2. The van der Waals surface area contributed by atoms with Crippen molar-refractivity contribution in [3.05, 3.63) is 0 Å². The normalized spacial score (nSPS) is 14.4. The number of amides is 2. The Labute approximate surface area is 124 Å². The third-order valence-corrected chi connectivity index (χ3v) is 2.80. The van der Waals surface area contributed by atoms with Gasteiger partial charge in [-0.2, -0.15) is 0 Å². The minimum atomic E-state index is 0.0303. The molecule has 0 atom stereocenters. The van der Waals surface area contributed by atoms with Crippen molar-refractivity contribution in [1.82, 2.24) is 10.2 Å². The minimum absolute atomic E-state index is 0.0303. The topological polar surface area (TPSA) is 58.6 Å². The maximum absolute atomic E-state index is 11.5. The number of nitrogens with one attached hydrogen (secondary N) is 1. The molecule has 0 radical (unpaired) electrons. The van der Waals surface area contributed by atoms with E-state index < -0.39 is 0 Å². The first-order chi connectivity index (χ1) is 9.67. The molecule has 0 aliphatic carbocycles. The van der Waals surface area contributed by atoms with E-state index in [2.05, 4.69) is 5.32 Å². The molecule has 0 unspecified atom stereocenters. The lowest BCUT2D eigenvalue weighted by molar-refractivity contribution is -0.136. The Morgan fingerprint density at radius 1 is 1.15 bits per heavy atom. The van der Waals surface area contributed by atoms with E-state index in [1.165, 1.54) is 7.11 Å². The molecule has 1 aliphatic heterocycles. The second-order valence-electron chi connectivity index (χ2n) is 4.01. The van der Waals surface area contributed by atoms with Gasteiger partial charge in [0.15, 0.2) is 0 Å². The number of ether oxygens (including phenoxy) is 1. The quantitative estimate of drug-likeness (QED) is 0.863. The van der Waals surface area contributed by atoms with Gasteiger partial charge >= 0.3 is 0 Å². The molecular formula is C15H32N2O3. The van der Waals surface area contributed by atoms with Crippen molar-refractivity contribution in [2.45, 2.75) is 59.9 Å². The summed E-state index contributed by atoms with van der Waals surface area (Å²) in [4.78, 5) is 24.5. The van der Waals surface area contributed by atoms with Crippen LogP contribution in [0.25, 0.3) is 0 Å². The molecule has 1 fully saturated rings. The van der Waals surface area contributed by atoms with Crippen LogP contribution < -0.4 is 5.32 Å². The van der Waals surface area contributed by atoms with Gasteiger partial charge in [0.1, 0.15) is 6.61 Å². The van der Waals surface area contributed by atoms with Crippen molar-refractivity contribution in [3.63, 3.8) is 0 Å².